The highest BCUT2D eigenvalue weighted by Crippen LogP contribution is 2.31. The molecule has 3 rings (SSSR count). The fourth-order valence-electron chi connectivity index (χ4n) is 2.49. The summed E-state index contributed by atoms with van der Waals surface area (Å²) in [5, 5.41) is 2.99. The van der Waals surface area contributed by atoms with Gasteiger partial charge in [0.2, 0.25) is 0 Å². The SMILES string of the molecule is Cc1ccc2c(c1)CC(CNc1c(F)cc(F)cc1Br)O2. The Balaban J connectivity index is 1.68. The molecule has 0 aromatic heterocycles. The molecule has 1 N–H and O–H groups in total. The van der Waals surface area contributed by atoms with E-state index in [2.05, 4.69) is 27.3 Å². The molecule has 0 amide bonds. The lowest BCUT2D eigenvalue weighted by atomic mass is 10.1. The first-order valence-electron chi connectivity index (χ1n) is 6.67. The molecular weight excluding hydrogens is 340 g/mol. The summed E-state index contributed by atoms with van der Waals surface area (Å²) in [5.41, 5.74) is 2.62. The van der Waals surface area contributed by atoms with E-state index in [0.29, 0.717) is 11.0 Å². The minimum Gasteiger partial charge on any atom is -0.488 e. The highest BCUT2D eigenvalue weighted by atomic mass is 79.9. The molecule has 2 aromatic carbocycles. The lowest BCUT2D eigenvalue weighted by molar-refractivity contribution is 0.246. The molecule has 2 aromatic rings. The van der Waals surface area contributed by atoms with Gasteiger partial charge in [0.05, 0.1) is 12.2 Å². The summed E-state index contributed by atoms with van der Waals surface area (Å²) in [7, 11) is 0. The summed E-state index contributed by atoms with van der Waals surface area (Å²) in [4.78, 5) is 0. The summed E-state index contributed by atoms with van der Waals surface area (Å²) in [5.74, 6) is -0.343. The zero-order valence-corrected chi connectivity index (χ0v) is 13.0. The molecule has 1 unspecified atom stereocenters. The Morgan fingerprint density at radius 2 is 2.10 bits per heavy atom. The van der Waals surface area contributed by atoms with E-state index in [0.717, 1.165) is 18.2 Å². The van der Waals surface area contributed by atoms with Crippen LogP contribution < -0.4 is 10.1 Å². The van der Waals surface area contributed by atoms with Crippen LogP contribution in [0.15, 0.2) is 34.8 Å². The number of halogens is 3. The molecular formula is C16H14BrF2NO. The number of fused-ring (bicyclic) bond motifs is 1. The third-order valence-electron chi connectivity index (χ3n) is 3.47. The quantitative estimate of drug-likeness (QED) is 0.879. The molecule has 110 valence electrons. The van der Waals surface area contributed by atoms with Crippen LogP contribution in [0.1, 0.15) is 11.1 Å². The van der Waals surface area contributed by atoms with Gasteiger partial charge in [-0.2, -0.15) is 0 Å². The largest absolute Gasteiger partial charge is 0.488 e. The van der Waals surface area contributed by atoms with Gasteiger partial charge in [-0.1, -0.05) is 17.7 Å². The van der Waals surface area contributed by atoms with Gasteiger partial charge in [-0.3, -0.25) is 0 Å². The van der Waals surface area contributed by atoms with Crippen molar-refractivity contribution in [2.45, 2.75) is 19.4 Å². The number of ether oxygens (including phenoxy) is 1. The van der Waals surface area contributed by atoms with Crippen molar-refractivity contribution < 1.29 is 13.5 Å². The molecule has 1 atom stereocenters. The maximum atomic E-state index is 13.7. The molecule has 2 nitrogen and oxygen atoms in total. The van der Waals surface area contributed by atoms with Gasteiger partial charge < -0.3 is 10.1 Å². The van der Waals surface area contributed by atoms with E-state index in [1.165, 1.54) is 17.2 Å². The van der Waals surface area contributed by atoms with Crippen LogP contribution in [0.4, 0.5) is 14.5 Å². The van der Waals surface area contributed by atoms with E-state index in [-0.39, 0.29) is 11.8 Å². The Kier molecular flexibility index (Phi) is 3.85. The second-order valence-electron chi connectivity index (χ2n) is 5.18. The summed E-state index contributed by atoms with van der Waals surface area (Å²) < 4.78 is 33.0. The van der Waals surface area contributed by atoms with E-state index >= 15 is 0 Å². The van der Waals surface area contributed by atoms with Crippen molar-refractivity contribution in [3.63, 3.8) is 0 Å². The molecule has 0 aliphatic carbocycles. The molecule has 0 bridgehead atoms. The number of hydrogen-bond donors (Lipinski definition) is 1. The molecule has 1 heterocycles. The van der Waals surface area contributed by atoms with Crippen LogP contribution in [-0.4, -0.2) is 12.6 Å². The highest BCUT2D eigenvalue weighted by molar-refractivity contribution is 9.10. The first-order chi connectivity index (χ1) is 10.0. The summed E-state index contributed by atoms with van der Waals surface area (Å²) in [6, 6.07) is 8.16. The predicted molar refractivity (Wildman–Crippen MR) is 81.8 cm³/mol. The Labute approximate surface area is 130 Å². The number of nitrogens with one attached hydrogen (secondary N) is 1. The summed E-state index contributed by atoms with van der Waals surface area (Å²) in [6.07, 6.45) is 0.725. The Morgan fingerprint density at radius 1 is 1.29 bits per heavy atom. The highest BCUT2D eigenvalue weighted by Gasteiger charge is 2.23. The topological polar surface area (TPSA) is 21.3 Å². The summed E-state index contributed by atoms with van der Waals surface area (Å²) >= 11 is 3.16. The van der Waals surface area contributed by atoms with Gasteiger partial charge >= 0.3 is 0 Å². The molecule has 0 spiro atoms. The Morgan fingerprint density at radius 3 is 2.86 bits per heavy atom. The molecule has 0 fully saturated rings. The van der Waals surface area contributed by atoms with Gasteiger partial charge in [-0.15, -0.1) is 0 Å². The predicted octanol–water partition coefficient (Wildman–Crippen LogP) is 4.45. The van der Waals surface area contributed by atoms with Gasteiger partial charge in [-0.25, -0.2) is 8.78 Å². The molecule has 5 heteroatoms. The normalized spacial score (nSPS) is 16.5. The fourth-order valence-corrected chi connectivity index (χ4v) is 3.04. The fraction of sp³-hybridized carbons (Fsp3) is 0.250. The lowest BCUT2D eigenvalue weighted by Gasteiger charge is -2.14. The third-order valence-corrected chi connectivity index (χ3v) is 4.10. The third kappa shape index (κ3) is 3.02. The smallest absolute Gasteiger partial charge is 0.150 e. The first kappa shape index (κ1) is 14.3. The van der Waals surface area contributed by atoms with Crippen LogP contribution >= 0.6 is 15.9 Å². The van der Waals surface area contributed by atoms with Crippen molar-refractivity contribution in [2.75, 3.05) is 11.9 Å². The van der Waals surface area contributed by atoms with E-state index in [1.54, 1.807) is 0 Å². The van der Waals surface area contributed by atoms with Gasteiger partial charge in [0, 0.05) is 17.0 Å². The molecule has 0 radical (unpaired) electrons. The van der Waals surface area contributed by atoms with Crippen molar-refractivity contribution in [1.29, 1.82) is 0 Å². The molecule has 0 saturated carbocycles. The van der Waals surface area contributed by atoms with Crippen LogP contribution in [0.25, 0.3) is 0 Å². The average molecular weight is 354 g/mol. The van der Waals surface area contributed by atoms with Gasteiger partial charge in [0.15, 0.2) is 0 Å². The maximum absolute atomic E-state index is 13.7. The Hall–Kier alpha value is -1.62. The van der Waals surface area contributed by atoms with E-state index < -0.39 is 11.6 Å². The van der Waals surface area contributed by atoms with Gasteiger partial charge in [0.1, 0.15) is 23.5 Å². The molecule has 1 aliphatic rings. The number of aryl methyl sites for hydroxylation is 1. The maximum Gasteiger partial charge on any atom is 0.150 e. The van der Waals surface area contributed by atoms with Gasteiger partial charge in [-0.05, 0) is 40.5 Å². The average Bonchev–Trinajstić information content (AvgIpc) is 2.79. The number of anilines is 1. The Bertz CT molecular complexity index is 667. The van der Waals surface area contributed by atoms with Crippen LogP contribution in [0, 0.1) is 18.6 Å². The second-order valence-corrected chi connectivity index (χ2v) is 6.03. The van der Waals surface area contributed by atoms with Crippen molar-refractivity contribution >= 4 is 21.6 Å². The van der Waals surface area contributed by atoms with Crippen molar-refractivity contribution in [1.82, 2.24) is 0 Å². The van der Waals surface area contributed by atoms with Crippen molar-refractivity contribution in [3.8, 4) is 5.75 Å². The van der Waals surface area contributed by atoms with Gasteiger partial charge in [0.25, 0.3) is 0 Å². The lowest BCUT2D eigenvalue weighted by Crippen LogP contribution is -2.24. The first-order valence-corrected chi connectivity index (χ1v) is 7.47. The molecule has 21 heavy (non-hydrogen) atoms. The van der Waals surface area contributed by atoms with Crippen LogP contribution in [-0.2, 0) is 6.42 Å². The molecule has 1 aliphatic heterocycles. The zero-order chi connectivity index (χ0) is 15.0. The number of hydrogen-bond acceptors (Lipinski definition) is 2. The minimum absolute atomic E-state index is 0.0573. The number of rotatable bonds is 3. The van der Waals surface area contributed by atoms with Crippen molar-refractivity contribution in [3.05, 3.63) is 57.6 Å². The standard InChI is InChI=1S/C16H14BrF2NO/c1-9-2-3-15-10(4-9)5-12(21-15)8-20-16-13(17)6-11(18)7-14(16)19/h2-4,6-7,12,20H,5,8H2,1H3. The van der Waals surface area contributed by atoms with Crippen LogP contribution in [0.5, 0.6) is 5.75 Å². The van der Waals surface area contributed by atoms with Crippen LogP contribution in [0.2, 0.25) is 0 Å². The monoisotopic (exact) mass is 353 g/mol. The van der Waals surface area contributed by atoms with E-state index in [4.69, 9.17) is 4.74 Å². The molecule has 0 saturated heterocycles. The van der Waals surface area contributed by atoms with Crippen molar-refractivity contribution in [2.24, 2.45) is 0 Å². The minimum atomic E-state index is -0.617. The van der Waals surface area contributed by atoms with E-state index in [1.807, 2.05) is 19.1 Å². The summed E-state index contributed by atoms with van der Waals surface area (Å²) in [6.45, 7) is 2.49. The van der Waals surface area contributed by atoms with Crippen LogP contribution in [0.3, 0.4) is 0 Å². The number of benzene rings is 2. The van der Waals surface area contributed by atoms with E-state index in [9.17, 15) is 8.78 Å². The second kappa shape index (κ2) is 5.64. The zero-order valence-electron chi connectivity index (χ0n) is 11.4.